The lowest BCUT2D eigenvalue weighted by atomic mass is 9.47. The summed E-state index contributed by atoms with van der Waals surface area (Å²) in [6, 6.07) is 8.23. The van der Waals surface area contributed by atoms with Crippen molar-refractivity contribution >= 4 is 11.9 Å². The molecule has 2 N–H and O–H groups in total. The lowest BCUT2D eigenvalue weighted by Gasteiger charge is -2.60. The first-order chi connectivity index (χ1) is 13.9. The van der Waals surface area contributed by atoms with Crippen molar-refractivity contribution in [3.05, 3.63) is 35.4 Å². The molecule has 0 radical (unpaired) electrons. The number of ether oxygens (including phenoxy) is 1. The highest BCUT2D eigenvalue weighted by Crippen LogP contribution is 2.62. The van der Waals surface area contributed by atoms with Crippen molar-refractivity contribution in [1.82, 2.24) is 5.32 Å². The quantitative estimate of drug-likeness (QED) is 0.747. The number of aliphatic hydroxyl groups is 1. The van der Waals surface area contributed by atoms with Gasteiger partial charge in [0.15, 0.2) is 6.61 Å². The first-order valence-corrected chi connectivity index (χ1v) is 11.2. The van der Waals surface area contributed by atoms with Crippen molar-refractivity contribution in [1.29, 1.82) is 0 Å². The monoisotopic (exact) mass is 397 g/mol. The highest BCUT2D eigenvalue weighted by atomic mass is 16.5. The number of carbonyl (C=O) groups is 2. The molecule has 5 aliphatic carbocycles. The number of carbonyl (C=O) groups excluding carboxylic acids is 2. The Bertz CT molecular complexity index is 805. The Labute approximate surface area is 172 Å². The zero-order valence-corrected chi connectivity index (χ0v) is 17.0. The third kappa shape index (κ3) is 3.81. The molecule has 4 fully saturated rings. The van der Waals surface area contributed by atoms with Crippen LogP contribution in [0, 0.1) is 17.3 Å². The van der Waals surface area contributed by atoms with Gasteiger partial charge in [0.05, 0.1) is 18.1 Å². The number of benzene rings is 1. The number of fused-ring (bicyclic) bond motifs is 1. The van der Waals surface area contributed by atoms with E-state index in [-0.39, 0.29) is 29.9 Å². The summed E-state index contributed by atoms with van der Waals surface area (Å²) in [6.45, 7) is -0.218. The minimum Gasteiger partial charge on any atom is -0.456 e. The minimum atomic E-state index is -0.573. The van der Waals surface area contributed by atoms with Gasteiger partial charge in [-0.15, -0.1) is 0 Å². The van der Waals surface area contributed by atoms with E-state index in [0.717, 1.165) is 44.9 Å². The molecule has 1 aromatic carbocycles. The van der Waals surface area contributed by atoms with Gasteiger partial charge in [-0.05, 0) is 86.2 Å². The molecule has 1 aromatic rings. The van der Waals surface area contributed by atoms with E-state index in [1.54, 1.807) is 0 Å². The number of amides is 1. The molecule has 5 heteroatoms. The molecule has 0 aliphatic heterocycles. The second-order valence-electron chi connectivity index (χ2n) is 10.2. The van der Waals surface area contributed by atoms with Crippen LogP contribution in [0.3, 0.4) is 0 Å². The molecule has 1 amide bonds. The maximum Gasteiger partial charge on any atom is 0.306 e. The highest BCUT2D eigenvalue weighted by molar-refractivity contribution is 5.81. The van der Waals surface area contributed by atoms with Gasteiger partial charge in [-0.1, -0.05) is 24.3 Å². The van der Waals surface area contributed by atoms with Gasteiger partial charge in [0, 0.05) is 0 Å². The summed E-state index contributed by atoms with van der Waals surface area (Å²) in [4.78, 5) is 25.0. The number of hydrogen-bond acceptors (Lipinski definition) is 4. The lowest BCUT2D eigenvalue weighted by Crippen LogP contribution is -2.56. The van der Waals surface area contributed by atoms with Gasteiger partial charge in [-0.2, -0.15) is 0 Å². The van der Waals surface area contributed by atoms with Crippen molar-refractivity contribution in [2.75, 3.05) is 6.61 Å². The third-order valence-corrected chi connectivity index (χ3v) is 7.74. The number of nitrogens with one attached hydrogen (secondary N) is 1. The summed E-state index contributed by atoms with van der Waals surface area (Å²) in [6.07, 6.45) is 9.10. The first-order valence-electron chi connectivity index (χ1n) is 11.2. The molecule has 5 nitrogen and oxygen atoms in total. The van der Waals surface area contributed by atoms with Crippen LogP contribution in [0.4, 0.5) is 0 Å². The van der Waals surface area contributed by atoms with Crippen LogP contribution >= 0.6 is 0 Å². The van der Waals surface area contributed by atoms with Crippen molar-refractivity contribution in [2.24, 2.45) is 17.3 Å². The van der Waals surface area contributed by atoms with Crippen molar-refractivity contribution in [2.45, 2.75) is 75.9 Å². The zero-order chi connectivity index (χ0) is 20.1. The maximum atomic E-state index is 12.5. The second kappa shape index (κ2) is 7.12. The third-order valence-electron chi connectivity index (χ3n) is 7.74. The summed E-state index contributed by atoms with van der Waals surface area (Å²) >= 11 is 0. The van der Waals surface area contributed by atoms with E-state index in [2.05, 4.69) is 17.4 Å². The Morgan fingerprint density at radius 3 is 2.66 bits per heavy atom. The van der Waals surface area contributed by atoms with Gasteiger partial charge in [0.1, 0.15) is 0 Å². The summed E-state index contributed by atoms with van der Waals surface area (Å²) in [5.41, 5.74) is 1.78. The Hall–Kier alpha value is -1.88. The number of esters is 1. The SMILES string of the molecule is O=C(COC(=O)CC12C[C@@H]3C[C@@H](CC(O)(C3)C1)C2)N[C@H]1CCCc2ccccc21. The van der Waals surface area contributed by atoms with E-state index in [1.807, 2.05) is 12.1 Å². The van der Waals surface area contributed by atoms with Crippen molar-refractivity contribution in [3.8, 4) is 0 Å². The summed E-state index contributed by atoms with van der Waals surface area (Å²) < 4.78 is 5.37. The highest BCUT2D eigenvalue weighted by Gasteiger charge is 2.57. The van der Waals surface area contributed by atoms with Gasteiger partial charge < -0.3 is 15.2 Å². The number of hydrogen-bond donors (Lipinski definition) is 2. The molecule has 0 saturated heterocycles. The molecule has 5 atom stereocenters. The molecule has 6 rings (SSSR count). The normalized spacial score (nSPS) is 37.1. The molecule has 156 valence electrons. The topological polar surface area (TPSA) is 75.6 Å². The molecule has 2 unspecified atom stereocenters. The molecular weight excluding hydrogens is 366 g/mol. The smallest absolute Gasteiger partial charge is 0.306 e. The van der Waals surface area contributed by atoms with Crippen molar-refractivity contribution in [3.63, 3.8) is 0 Å². The Kier molecular flexibility index (Phi) is 4.69. The first kappa shape index (κ1) is 19.1. The van der Waals surface area contributed by atoms with Crippen LogP contribution in [-0.2, 0) is 20.7 Å². The molecular formula is C24H31NO4. The van der Waals surface area contributed by atoms with Crippen LogP contribution in [0.5, 0.6) is 0 Å². The summed E-state index contributed by atoms with van der Waals surface area (Å²) in [5.74, 6) is 0.561. The van der Waals surface area contributed by atoms with E-state index >= 15 is 0 Å². The Balaban J connectivity index is 1.14. The lowest BCUT2D eigenvalue weighted by molar-refractivity contribution is -0.177. The van der Waals surface area contributed by atoms with Crippen LogP contribution in [0.2, 0.25) is 0 Å². The van der Waals surface area contributed by atoms with Crippen LogP contribution in [0.15, 0.2) is 24.3 Å². The fourth-order valence-corrected chi connectivity index (χ4v) is 7.25. The van der Waals surface area contributed by atoms with Crippen LogP contribution < -0.4 is 5.32 Å². The van der Waals surface area contributed by atoms with Crippen LogP contribution in [0.1, 0.15) is 75.0 Å². The van der Waals surface area contributed by atoms with Gasteiger partial charge in [0.2, 0.25) is 0 Å². The van der Waals surface area contributed by atoms with Crippen LogP contribution in [0.25, 0.3) is 0 Å². The number of aryl methyl sites for hydroxylation is 1. The largest absolute Gasteiger partial charge is 0.456 e. The zero-order valence-electron chi connectivity index (χ0n) is 17.0. The summed E-state index contributed by atoms with van der Waals surface area (Å²) in [5, 5.41) is 13.9. The fourth-order valence-electron chi connectivity index (χ4n) is 7.25. The second-order valence-corrected chi connectivity index (χ2v) is 10.2. The predicted molar refractivity (Wildman–Crippen MR) is 108 cm³/mol. The van der Waals surface area contributed by atoms with E-state index in [0.29, 0.717) is 24.7 Å². The van der Waals surface area contributed by atoms with Crippen LogP contribution in [-0.4, -0.2) is 29.2 Å². The molecule has 4 saturated carbocycles. The van der Waals surface area contributed by atoms with Gasteiger partial charge in [0.25, 0.3) is 5.91 Å². The van der Waals surface area contributed by atoms with Gasteiger partial charge in [-0.3, -0.25) is 9.59 Å². The van der Waals surface area contributed by atoms with E-state index in [9.17, 15) is 14.7 Å². The fraction of sp³-hybridized carbons (Fsp3) is 0.667. The van der Waals surface area contributed by atoms with E-state index in [4.69, 9.17) is 4.74 Å². The number of rotatable bonds is 5. The molecule has 5 aliphatic rings. The van der Waals surface area contributed by atoms with E-state index in [1.165, 1.54) is 17.5 Å². The minimum absolute atomic E-state index is 0.00329. The molecule has 0 spiro atoms. The summed E-state index contributed by atoms with van der Waals surface area (Å²) in [7, 11) is 0. The van der Waals surface area contributed by atoms with Gasteiger partial charge in [-0.25, -0.2) is 0 Å². The van der Waals surface area contributed by atoms with E-state index < -0.39 is 5.60 Å². The average molecular weight is 398 g/mol. The Morgan fingerprint density at radius 2 is 1.90 bits per heavy atom. The van der Waals surface area contributed by atoms with Crippen molar-refractivity contribution < 1.29 is 19.4 Å². The molecule has 4 bridgehead atoms. The standard InChI is InChI=1S/C24H31NO4/c26-21(25-20-7-3-5-18-4-1-2-6-19(18)20)14-29-22(27)13-23-9-16-8-17(10-23)12-24(28,11-16)15-23/h1-2,4,6,16-17,20,28H,3,5,7-15H2,(H,25,26)/t16-,17+,20-,23?,24?/m0/s1. The average Bonchev–Trinajstić information content (AvgIpc) is 2.64. The molecule has 29 heavy (non-hydrogen) atoms. The molecule has 0 heterocycles. The molecule has 0 aromatic heterocycles. The maximum absolute atomic E-state index is 12.5. The van der Waals surface area contributed by atoms with Gasteiger partial charge >= 0.3 is 5.97 Å². The Morgan fingerprint density at radius 1 is 1.14 bits per heavy atom. The predicted octanol–water partition coefficient (Wildman–Crippen LogP) is 3.44.